The van der Waals surface area contributed by atoms with Crippen molar-refractivity contribution in [2.75, 3.05) is 13.1 Å². The summed E-state index contributed by atoms with van der Waals surface area (Å²) in [7, 11) is 0. The Morgan fingerprint density at radius 1 is 1.23 bits per heavy atom. The van der Waals surface area contributed by atoms with Crippen molar-refractivity contribution in [1.29, 1.82) is 0 Å². The van der Waals surface area contributed by atoms with Crippen molar-refractivity contribution in [3.63, 3.8) is 0 Å². The molecule has 1 aliphatic heterocycles. The number of aromatic nitrogens is 1. The molecule has 0 bridgehead atoms. The number of alkyl halides is 2. The van der Waals surface area contributed by atoms with Crippen LogP contribution in [0.3, 0.4) is 0 Å². The molecule has 2 aromatic rings. The van der Waals surface area contributed by atoms with Crippen LogP contribution >= 0.6 is 11.3 Å². The minimum Gasteiger partial charge on any atom is -0.490 e. The molecular formula is C22H27F2N3O3S. The number of nitrogens with zero attached hydrogens (tertiary/aromatic N) is 2. The average molecular weight is 452 g/mol. The van der Waals surface area contributed by atoms with E-state index in [2.05, 4.69) is 9.72 Å². The molecule has 0 aromatic carbocycles. The van der Waals surface area contributed by atoms with E-state index in [1.54, 1.807) is 17.5 Å². The Kier molecular flexibility index (Phi) is 5.83. The molecule has 0 spiro atoms. The van der Waals surface area contributed by atoms with Crippen LogP contribution in [0.2, 0.25) is 0 Å². The van der Waals surface area contributed by atoms with Gasteiger partial charge in [0.25, 0.3) is 0 Å². The van der Waals surface area contributed by atoms with Gasteiger partial charge in [-0.05, 0) is 56.1 Å². The van der Waals surface area contributed by atoms with Crippen molar-refractivity contribution in [3.05, 3.63) is 22.7 Å². The Morgan fingerprint density at radius 3 is 2.68 bits per heavy atom. The number of pyridine rings is 1. The van der Waals surface area contributed by atoms with Crippen LogP contribution in [0, 0.1) is 0 Å². The molecule has 168 valence electrons. The summed E-state index contributed by atoms with van der Waals surface area (Å²) in [5, 5.41) is 1.03. The second kappa shape index (κ2) is 8.60. The molecule has 3 heterocycles. The Morgan fingerprint density at radius 2 is 1.97 bits per heavy atom. The third kappa shape index (κ3) is 4.27. The van der Waals surface area contributed by atoms with Gasteiger partial charge in [-0.1, -0.05) is 0 Å². The van der Waals surface area contributed by atoms with Crippen LogP contribution in [0.1, 0.15) is 54.9 Å². The number of fused-ring (bicyclic) bond motifs is 3. The van der Waals surface area contributed by atoms with E-state index in [1.165, 1.54) is 10.4 Å². The quantitative estimate of drug-likeness (QED) is 0.748. The molecule has 1 amide bonds. The smallest absolute Gasteiger partial charge is 0.218 e. The molecule has 3 atom stereocenters. The normalized spacial score (nSPS) is 31.6. The highest BCUT2D eigenvalue weighted by molar-refractivity contribution is 7.19. The first-order valence-electron chi connectivity index (χ1n) is 11.0. The molecule has 9 heteroatoms. The van der Waals surface area contributed by atoms with Crippen molar-refractivity contribution in [2.45, 2.75) is 75.7 Å². The Labute approximate surface area is 183 Å². The SMILES string of the molecule is NC(=O)C[C@H]1CCc2sc3nccc(O[C@H]4CC[C@H](N5C[C@@H](F)O[C@@H](F)C5)CC4)c3c21. The zero-order chi connectivity index (χ0) is 21.5. The highest BCUT2D eigenvalue weighted by Crippen LogP contribution is 2.48. The number of ether oxygens (including phenoxy) is 2. The van der Waals surface area contributed by atoms with E-state index in [0.717, 1.165) is 54.5 Å². The maximum absolute atomic E-state index is 13.6. The lowest BCUT2D eigenvalue weighted by molar-refractivity contribution is -0.197. The van der Waals surface area contributed by atoms with Gasteiger partial charge in [-0.25, -0.2) is 13.8 Å². The van der Waals surface area contributed by atoms with E-state index in [0.29, 0.717) is 6.42 Å². The third-order valence-corrected chi connectivity index (χ3v) is 7.92. The Bertz CT molecular complexity index is 953. The fourth-order valence-corrected chi connectivity index (χ4v) is 6.63. The van der Waals surface area contributed by atoms with E-state index in [4.69, 9.17) is 10.5 Å². The zero-order valence-corrected chi connectivity index (χ0v) is 18.1. The van der Waals surface area contributed by atoms with Gasteiger partial charge >= 0.3 is 0 Å². The molecule has 2 aromatic heterocycles. The van der Waals surface area contributed by atoms with Crippen molar-refractivity contribution < 1.29 is 23.0 Å². The van der Waals surface area contributed by atoms with E-state index >= 15 is 0 Å². The number of carbonyl (C=O) groups is 1. The lowest BCUT2D eigenvalue weighted by Gasteiger charge is -2.40. The summed E-state index contributed by atoms with van der Waals surface area (Å²) in [5.74, 6) is 0.671. The summed E-state index contributed by atoms with van der Waals surface area (Å²) in [6.45, 7) is 0.258. The van der Waals surface area contributed by atoms with E-state index in [1.807, 2.05) is 11.0 Å². The number of halogens is 2. The highest BCUT2D eigenvalue weighted by atomic mass is 32.1. The van der Waals surface area contributed by atoms with E-state index < -0.39 is 12.7 Å². The van der Waals surface area contributed by atoms with Crippen LogP contribution in [0.15, 0.2) is 12.3 Å². The first-order valence-corrected chi connectivity index (χ1v) is 11.8. The van der Waals surface area contributed by atoms with Gasteiger partial charge in [0.1, 0.15) is 10.6 Å². The molecule has 0 unspecified atom stereocenters. The molecule has 5 rings (SSSR count). The first-order chi connectivity index (χ1) is 15.0. The fraction of sp³-hybridized carbons (Fsp3) is 0.636. The topological polar surface area (TPSA) is 77.7 Å². The number of amides is 1. The van der Waals surface area contributed by atoms with Crippen LogP contribution in [0.5, 0.6) is 5.75 Å². The summed E-state index contributed by atoms with van der Waals surface area (Å²) >= 11 is 1.68. The predicted octanol–water partition coefficient (Wildman–Crippen LogP) is 3.81. The maximum atomic E-state index is 13.6. The van der Waals surface area contributed by atoms with Crippen LogP contribution in [0.4, 0.5) is 8.78 Å². The van der Waals surface area contributed by atoms with Gasteiger partial charge in [-0.3, -0.25) is 9.69 Å². The number of carbonyl (C=O) groups excluding carboxylic acids is 1. The molecular weight excluding hydrogens is 424 g/mol. The van der Waals surface area contributed by atoms with Crippen molar-refractivity contribution in [2.24, 2.45) is 5.73 Å². The maximum Gasteiger partial charge on any atom is 0.218 e. The summed E-state index contributed by atoms with van der Waals surface area (Å²) < 4.78 is 38.2. The van der Waals surface area contributed by atoms with Gasteiger partial charge in [0.05, 0.1) is 24.6 Å². The number of aryl methyl sites for hydroxylation is 1. The second-order valence-electron chi connectivity index (χ2n) is 8.79. The summed E-state index contributed by atoms with van der Waals surface area (Å²) in [6, 6.07) is 2.06. The van der Waals surface area contributed by atoms with Crippen molar-refractivity contribution in [3.8, 4) is 5.75 Å². The molecule has 31 heavy (non-hydrogen) atoms. The number of morpholine rings is 1. The lowest BCUT2D eigenvalue weighted by atomic mass is 9.91. The predicted molar refractivity (Wildman–Crippen MR) is 114 cm³/mol. The molecule has 1 saturated heterocycles. The van der Waals surface area contributed by atoms with Gasteiger partial charge in [0, 0.05) is 23.5 Å². The van der Waals surface area contributed by atoms with Crippen molar-refractivity contribution >= 4 is 27.5 Å². The van der Waals surface area contributed by atoms with Gasteiger partial charge in [0.2, 0.25) is 18.6 Å². The number of thiophene rings is 1. The van der Waals surface area contributed by atoms with Gasteiger partial charge in [-0.15, -0.1) is 11.3 Å². The van der Waals surface area contributed by atoms with Crippen molar-refractivity contribution in [1.82, 2.24) is 9.88 Å². The largest absolute Gasteiger partial charge is 0.490 e. The number of rotatable bonds is 5. The fourth-order valence-electron chi connectivity index (χ4n) is 5.37. The van der Waals surface area contributed by atoms with Gasteiger partial charge in [0.15, 0.2) is 0 Å². The molecule has 2 fully saturated rings. The number of hydrogen-bond acceptors (Lipinski definition) is 6. The van der Waals surface area contributed by atoms with Crippen LogP contribution in [-0.4, -0.2) is 53.7 Å². The number of primary amides is 1. The Balaban J connectivity index is 1.29. The number of nitrogens with two attached hydrogens (primary N) is 1. The summed E-state index contributed by atoms with van der Waals surface area (Å²) in [6.07, 6.45) is 4.28. The molecule has 2 aliphatic carbocycles. The van der Waals surface area contributed by atoms with Gasteiger partial charge in [-0.2, -0.15) is 0 Å². The van der Waals surface area contributed by atoms with Crippen LogP contribution in [0.25, 0.3) is 10.2 Å². The molecule has 6 nitrogen and oxygen atoms in total. The number of hydrogen-bond donors (Lipinski definition) is 1. The zero-order valence-electron chi connectivity index (χ0n) is 17.3. The minimum atomic E-state index is -1.56. The first kappa shape index (κ1) is 21.0. The molecule has 0 radical (unpaired) electrons. The van der Waals surface area contributed by atoms with E-state index in [9.17, 15) is 13.6 Å². The molecule has 1 saturated carbocycles. The van der Waals surface area contributed by atoms with Gasteiger partial charge < -0.3 is 15.2 Å². The highest BCUT2D eigenvalue weighted by Gasteiger charge is 2.35. The second-order valence-corrected chi connectivity index (χ2v) is 9.88. The minimum absolute atomic E-state index is 0.0526. The van der Waals surface area contributed by atoms with Crippen LogP contribution < -0.4 is 10.5 Å². The standard InChI is InChI=1S/C22H27F2N3O3S/c23-17-10-27(11-18(24)30-17)13-2-4-14(5-3-13)29-15-7-8-26-22-21(15)20-12(9-19(25)28)1-6-16(20)31-22/h7-8,12-14,17-18H,1-6,9-11H2,(H2,25,28)/t12-,13-,14-,17-,18+/m1/s1. The van der Waals surface area contributed by atoms with Crippen LogP contribution in [-0.2, 0) is 16.0 Å². The Hall–Kier alpha value is -1.84. The third-order valence-electron chi connectivity index (χ3n) is 6.75. The summed E-state index contributed by atoms with van der Waals surface area (Å²) in [4.78, 5) is 20.2. The monoisotopic (exact) mass is 451 g/mol. The average Bonchev–Trinajstić information content (AvgIpc) is 3.27. The van der Waals surface area contributed by atoms with E-state index in [-0.39, 0.29) is 37.1 Å². The molecule has 2 N–H and O–H groups in total. The lowest BCUT2D eigenvalue weighted by Crippen LogP contribution is -2.50. The summed E-state index contributed by atoms with van der Waals surface area (Å²) in [5.41, 5.74) is 6.67. The molecule has 3 aliphatic rings.